The zero-order valence-corrected chi connectivity index (χ0v) is 18.0. The first-order valence-electron chi connectivity index (χ1n) is 10.4. The molecular weight excluding hydrogens is 414 g/mol. The number of carbonyl (C=O) groups is 1. The standard InChI is InChI=1S/C23H25N3O4S/c27-22-16-20(23(28)24-12-11-17-7-3-1-4-8-17)19-15-18(9-10-21(19)25-22)31(29,30)26-13-5-2-6-14-26/h1,3-4,7-10,15-16H,2,5-6,11-14H2,(H,24,28)(H,25,27). The first-order valence-corrected chi connectivity index (χ1v) is 11.9. The van der Waals surface area contributed by atoms with Crippen molar-refractivity contribution in [2.45, 2.75) is 30.6 Å². The van der Waals surface area contributed by atoms with Crippen molar-refractivity contribution in [3.63, 3.8) is 0 Å². The van der Waals surface area contributed by atoms with Crippen LogP contribution >= 0.6 is 0 Å². The SMILES string of the molecule is O=C(NCCc1ccccc1)c1cc(=O)[nH]c2ccc(S(=O)(=O)N3CCCCC3)cc12. The van der Waals surface area contributed by atoms with E-state index in [2.05, 4.69) is 10.3 Å². The maximum absolute atomic E-state index is 13.1. The zero-order valence-electron chi connectivity index (χ0n) is 17.1. The zero-order chi connectivity index (χ0) is 21.8. The van der Waals surface area contributed by atoms with Crippen LogP contribution in [0.3, 0.4) is 0 Å². The second kappa shape index (κ2) is 9.03. The molecule has 7 nitrogen and oxygen atoms in total. The molecule has 0 saturated carbocycles. The number of sulfonamides is 1. The van der Waals surface area contributed by atoms with E-state index in [4.69, 9.17) is 0 Å². The molecule has 2 heterocycles. The number of rotatable bonds is 6. The highest BCUT2D eigenvalue weighted by atomic mass is 32.2. The predicted molar refractivity (Wildman–Crippen MR) is 120 cm³/mol. The van der Waals surface area contributed by atoms with Gasteiger partial charge in [-0.05, 0) is 43.0 Å². The summed E-state index contributed by atoms with van der Waals surface area (Å²) in [4.78, 5) is 27.7. The van der Waals surface area contributed by atoms with Gasteiger partial charge in [0.25, 0.3) is 5.91 Å². The first-order chi connectivity index (χ1) is 14.9. The average Bonchev–Trinajstić information content (AvgIpc) is 2.79. The normalized spacial score (nSPS) is 15.1. The van der Waals surface area contributed by atoms with Crippen molar-refractivity contribution < 1.29 is 13.2 Å². The van der Waals surface area contributed by atoms with Gasteiger partial charge >= 0.3 is 0 Å². The molecule has 0 bridgehead atoms. The van der Waals surface area contributed by atoms with E-state index in [-0.39, 0.29) is 10.5 Å². The molecule has 2 N–H and O–H groups in total. The monoisotopic (exact) mass is 439 g/mol. The van der Waals surface area contributed by atoms with E-state index in [1.807, 2.05) is 30.3 Å². The van der Waals surface area contributed by atoms with Crippen LogP contribution in [0.1, 0.15) is 35.2 Å². The molecule has 1 aromatic heterocycles. The van der Waals surface area contributed by atoms with E-state index in [0.717, 1.165) is 24.8 Å². The smallest absolute Gasteiger partial charge is 0.252 e. The van der Waals surface area contributed by atoms with Crippen molar-refractivity contribution >= 4 is 26.8 Å². The molecule has 0 atom stereocenters. The van der Waals surface area contributed by atoms with Crippen LogP contribution in [-0.4, -0.2) is 43.2 Å². The molecule has 0 unspecified atom stereocenters. The number of hydrogen-bond acceptors (Lipinski definition) is 4. The lowest BCUT2D eigenvalue weighted by atomic mass is 10.1. The third-order valence-electron chi connectivity index (χ3n) is 5.55. The van der Waals surface area contributed by atoms with Crippen molar-refractivity contribution in [3.8, 4) is 0 Å². The number of pyridine rings is 1. The number of fused-ring (bicyclic) bond motifs is 1. The van der Waals surface area contributed by atoms with Crippen LogP contribution in [0.4, 0.5) is 0 Å². The molecule has 0 aliphatic carbocycles. The third-order valence-corrected chi connectivity index (χ3v) is 7.45. The minimum atomic E-state index is -3.65. The van der Waals surface area contributed by atoms with Crippen molar-refractivity contribution in [1.29, 1.82) is 0 Å². The van der Waals surface area contributed by atoms with Crippen LogP contribution in [0.15, 0.2) is 64.3 Å². The Morgan fingerprint density at radius 2 is 1.74 bits per heavy atom. The van der Waals surface area contributed by atoms with E-state index >= 15 is 0 Å². The van der Waals surface area contributed by atoms with Crippen LogP contribution < -0.4 is 10.9 Å². The third kappa shape index (κ3) is 4.70. The van der Waals surface area contributed by atoms with E-state index in [0.29, 0.717) is 37.0 Å². The molecule has 2 aromatic carbocycles. The molecule has 8 heteroatoms. The Balaban J connectivity index is 1.62. The van der Waals surface area contributed by atoms with Gasteiger partial charge in [0.2, 0.25) is 15.6 Å². The summed E-state index contributed by atoms with van der Waals surface area (Å²) in [5.41, 5.74) is 1.28. The van der Waals surface area contributed by atoms with E-state index in [9.17, 15) is 18.0 Å². The minimum absolute atomic E-state index is 0.132. The van der Waals surface area contributed by atoms with Crippen LogP contribution in [-0.2, 0) is 16.4 Å². The minimum Gasteiger partial charge on any atom is -0.352 e. The second-order valence-corrected chi connectivity index (χ2v) is 9.65. The molecule has 3 aromatic rings. The molecule has 1 aliphatic rings. The number of benzene rings is 2. The van der Waals surface area contributed by atoms with E-state index in [1.165, 1.54) is 22.5 Å². The molecule has 0 radical (unpaired) electrons. The largest absolute Gasteiger partial charge is 0.352 e. The summed E-state index contributed by atoms with van der Waals surface area (Å²) in [6, 6.07) is 15.5. The van der Waals surface area contributed by atoms with Gasteiger partial charge in [-0.1, -0.05) is 36.8 Å². The Morgan fingerprint density at radius 1 is 1.00 bits per heavy atom. The maximum atomic E-state index is 13.1. The molecular formula is C23H25N3O4S. The first kappa shape index (κ1) is 21.3. The second-order valence-electron chi connectivity index (χ2n) is 7.71. The van der Waals surface area contributed by atoms with Gasteiger partial charge in [0.05, 0.1) is 10.5 Å². The topological polar surface area (TPSA) is 99.3 Å². The summed E-state index contributed by atoms with van der Waals surface area (Å²) in [6.45, 7) is 1.40. The highest BCUT2D eigenvalue weighted by molar-refractivity contribution is 7.89. The molecule has 1 fully saturated rings. The van der Waals surface area contributed by atoms with Crippen LogP contribution in [0.2, 0.25) is 0 Å². The van der Waals surface area contributed by atoms with E-state index < -0.39 is 21.5 Å². The lowest BCUT2D eigenvalue weighted by molar-refractivity contribution is 0.0955. The number of carbonyl (C=O) groups excluding carboxylic acids is 1. The van der Waals surface area contributed by atoms with Crippen molar-refractivity contribution in [3.05, 3.63) is 76.1 Å². The van der Waals surface area contributed by atoms with Gasteiger partial charge in [0.1, 0.15) is 0 Å². The molecule has 162 valence electrons. The number of nitrogens with one attached hydrogen (secondary N) is 2. The molecule has 31 heavy (non-hydrogen) atoms. The van der Waals surface area contributed by atoms with Crippen molar-refractivity contribution in [1.82, 2.24) is 14.6 Å². The lowest BCUT2D eigenvalue weighted by Crippen LogP contribution is -2.35. The van der Waals surface area contributed by atoms with Gasteiger partial charge in [-0.2, -0.15) is 4.31 Å². The number of amides is 1. The fourth-order valence-corrected chi connectivity index (χ4v) is 5.44. The summed E-state index contributed by atoms with van der Waals surface area (Å²) in [5, 5.41) is 3.25. The van der Waals surface area contributed by atoms with Gasteiger partial charge in [0.15, 0.2) is 0 Å². The van der Waals surface area contributed by atoms with Crippen molar-refractivity contribution in [2.24, 2.45) is 0 Å². The summed E-state index contributed by atoms with van der Waals surface area (Å²) < 4.78 is 27.6. The maximum Gasteiger partial charge on any atom is 0.252 e. The average molecular weight is 440 g/mol. The van der Waals surface area contributed by atoms with Crippen LogP contribution in [0.5, 0.6) is 0 Å². The fourth-order valence-electron chi connectivity index (χ4n) is 3.90. The Kier molecular flexibility index (Phi) is 6.20. The van der Waals surface area contributed by atoms with Gasteiger partial charge in [-0.3, -0.25) is 9.59 Å². The van der Waals surface area contributed by atoms with Crippen molar-refractivity contribution in [2.75, 3.05) is 19.6 Å². The fraction of sp³-hybridized carbons (Fsp3) is 0.304. The highest BCUT2D eigenvalue weighted by Crippen LogP contribution is 2.25. The van der Waals surface area contributed by atoms with E-state index in [1.54, 1.807) is 6.07 Å². The Labute approximate surface area is 181 Å². The molecule has 1 saturated heterocycles. The number of aromatic amines is 1. The Morgan fingerprint density at radius 3 is 2.48 bits per heavy atom. The quantitative estimate of drug-likeness (QED) is 0.617. The molecule has 1 aliphatic heterocycles. The van der Waals surface area contributed by atoms with Crippen LogP contribution in [0, 0.1) is 0 Å². The van der Waals surface area contributed by atoms with Gasteiger partial charge in [-0.25, -0.2) is 8.42 Å². The summed E-state index contributed by atoms with van der Waals surface area (Å²) in [7, 11) is -3.65. The van der Waals surface area contributed by atoms with Gasteiger partial charge in [0, 0.05) is 36.6 Å². The number of H-pyrrole nitrogens is 1. The highest BCUT2D eigenvalue weighted by Gasteiger charge is 2.26. The summed E-state index contributed by atoms with van der Waals surface area (Å²) in [6.07, 6.45) is 3.37. The van der Waals surface area contributed by atoms with Gasteiger partial charge < -0.3 is 10.3 Å². The summed E-state index contributed by atoms with van der Waals surface area (Å²) >= 11 is 0. The predicted octanol–water partition coefficient (Wildman–Crippen LogP) is 2.68. The van der Waals surface area contributed by atoms with Gasteiger partial charge in [-0.15, -0.1) is 0 Å². The number of hydrogen-bond donors (Lipinski definition) is 2. The number of piperidine rings is 1. The lowest BCUT2D eigenvalue weighted by Gasteiger charge is -2.26. The molecule has 0 spiro atoms. The Hall–Kier alpha value is -2.97. The number of nitrogens with zero attached hydrogens (tertiary/aromatic N) is 1. The molecule has 4 rings (SSSR count). The molecule has 1 amide bonds. The summed E-state index contributed by atoms with van der Waals surface area (Å²) in [5.74, 6) is -0.403. The van der Waals surface area contributed by atoms with Crippen LogP contribution in [0.25, 0.3) is 10.9 Å². The Bertz CT molecular complexity index is 1250. The number of aromatic nitrogens is 1.